The Balaban J connectivity index is 1.21. The molecular weight excluding hydrogens is 496 g/mol. The molecule has 0 aromatic heterocycles. The number of aliphatic imine (C=N–C) groups is 2. The summed E-state index contributed by atoms with van der Waals surface area (Å²) in [6.07, 6.45) is 0.850. The predicted molar refractivity (Wildman–Crippen MR) is 172 cm³/mol. The average Bonchev–Trinajstić information content (AvgIpc) is 3.06. The van der Waals surface area contributed by atoms with Gasteiger partial charge in [0, 0.05) is 22.3 Å². The van der Waals surface area contributed by atoms with E-state index in [1.54, 1.807) is 0 Å². The van der Waals surface area contributed by atoms with E-state index in [0.717, 1.165) is 51.5 Å². The Hall–Kier alpha value is -5.34. The van der Waals surface area contributed by atoms with Gasteiger partial charge in [-0.1, -0.05) is 146 Å². The van der Waals surface area contributed by atoms with Crippen LogP contribution in [0.1, 0.15) is 33.4 Å². The second-order valence-corrected chi connectivity index (χ2v) is 9.89. The number of nitrogens with zero attached hydrogens (tertiary/aromatic N) is 2. The van der Waals surface area contributed by atoms with Crippen LogP contribution < -0.4 is 0 Å². The lowest BCUT2D eigenvalue weighted by Crippen LogP contribution is -2.02. The Morgan fingerprint density at radius 1 is 0.317 bits per heavy atom. The van der Waals surface area contributed by atoms with Crippen LogP contribution in [0.5, 0.6) is 0 Å². The van der Waals surface area contributed by atoms with Crippen LogP contribution in [0.2, 0.25) is 0 Å². The van der Waals surface area contributed by atoms with E-state index in [1.807, 2.05) is 24.3 Å². The molecule has 0 amide bonds. The Labute approximate surface area is 242 Å². The summed E-state index contributed by atoms with van der Waals surface area (Å²) in [5.74, 6) is 0. The molecule has 41 heavy (non-hydrogen) atoms. The maximum absolute atomic E-state index is 5.04. The third kappa shape index (κ3) is 6.63. The van der Waals surface area contributed by atoms with Crippen molar-refractivity contribution < 1.29 is 0 Å². The summed E-state index contributed by atoms with van der Waals surface area (Å²) in [6.45, 7) is 0. The normalized spacial score (nSPS) is 10.5. The number of hydrogen-bond donors (Lipinski definition) is 0. The van der Waals surface area contributed by atoms with Crippen LogP contribution >= 0.6 is 0 Å². The molecule has 0 spiro atoms. The van der Waals surface area contributed by atoms with Gasteiger partial charge < -0.3 is 0 Å². The monoisotopic (exact) mass is 526 g/mol. The molecule has 2 heteroatoms. The van der Waals surface area contributed by atoms with Crippen molar-refractivity contribution in [2.24, 2.45) is 9.98 Å². The quantitative estimate of drug-likeness (QED) is 0.176. The Kier molecular flexibility index (Phi) is 8.01. The summed E-state index contributed by atoms with van der Waals surface area (Å²) in [5, 5.41) is 0. The van der Waals surface area contributed by atoms with Crippen LogP contribution in [-0.4, -0.2) is 11.4 Å². The molecule has 0 N–H and O–H groups in total. The van der Waals surface area contributed by atoms with Gasteiger partial charge in [0.25, 0.3) is 0 Å². The van der Waals surface area contributed by atoms with E-state index in [2.05, 4.69) is 146 Å². The molecule has 0 saturated carbocycles. The third-order valence-electron chi connectivity index (χ3n) is 6.95. The molecule has 196 valence electrons. The Morgan fingerprint density at radius 3 is 0.854 bits per heavy atom. The van der Waals surface area contributed by atoms with E-state index in [4.69, 9.17) is 9.98 Å². The van der Waals surface area contributed by atoms with Crippen molar-refractivity contribution in [3.63, 3.8) is 0 Å². The molecule has 2 nitrogen and oxygen atoms in total. The summed E-state index contributed by atoms with van der Waals surface area (Å²) >= 11 is 0. The van der Waals surface area contributed by atoms with Crippen LogP contribution in [0.3, 0.4) is 0 Å². The maximum atomic E-state index is 5.04. The predicted octanol–water partition coefficient (Wildman–Crippen LogP) is 9.62. The van der Waals surface area contributed by atoms with Gasteiger partial charge in [-0.15, -0.1) is 0 Å². The maximum Gasteiger partial charge on any atom is 0.0781 e. The van der Waals surface area contributed by atoms with Crippen LogP contribution in [0.25, 0.3) is 0 Å². The molecule has 0 bridgehead atoms. The number of rotatable bonds is 8. The summed E-state index contributed by atoms with van der Waals surface area (Å²) in [7, 11) is 0. The lowest BCUT2D eigenvalue weighted by molar-refractivity contribution is 1.19. The van der Waals surface area contributed by atoms with E-state index >= 15 is 0 Å². The van der Waals surface area contributed by atoms with Gasteiger partial charge in [0.2, 0.25) is 0 Å². The third-order valence-corrected chi connectivity index (χ3v) is 6.95. The zero-order valence-corrected chi connectivity index (χ0v) is 22.8. The van der Waals surface area contributed by atoms with Crippen molar-refractivity contribution in [3.05, 3.63) is 203 Å². The van der Waals surface area contributed by atoms with E-state index < -0.39 is 0 Å². The first-order valence-electron chi connectivity index (χ1n) is 13.9. The first kappa shape index (κ1) is 25.9. The average molecular weight is 527 g/mol. The molecule has 0 fully saturated rings. The van der Waals surface area contributed by atoms with E-state index in [0.29, 0.717) is 0 Å². The zero-order chi connectivity index (χ0) is 27.7. The van der Waals surface area contributed by atoms with Crippen LogP contribution in [-0.2, 0) is 6.42 Å². The van der Waals surface area contributed by atoms with E-state index in [-0.39, 0.29) is 0 Å². The minimum atomic E-state index is 0.850. The van der Waals surface area contributed by atoms with Gasteiger partial charge in [0.15, 0.2) is 0 Å². The van der Waals surface area contributed by atoms with Gasteiger partial charge in [-0.2, -0.15) is 0 Å². The van der Waals surface area contributed by atoms with Gasteiger partial charge in [-0.3, -0.25) is 0 Å². The number of benzene rings is 6. The van der Waals surface area contributed by atoms with Crippen molar-refractivity contribution in [1.82, 2.24) is 0 Å². The minimum Gasteiger partial charge on any atom is -0.248 e. The van der Waals surface area contributed by atoms with E-state index in [9.17, 15) is 0 Å². The smallest absolute Gasteiger partial charge is 0.0781 e. The zero-order valence-electron chi connectivity index (χ0n) is 22.8. The Morgan fingerprint density at radius 2 is 0.585 bits per heavy atom. The molecule has 0 heterocycles. The fourth-order valence-corrected chi connectivity index (χ4v) is 4.85. The second kappa shape index (κ2) is 12.7. The van der Waals surface area contributed by atoms with Crippen LogP contribution in [0, 0.1) is 0 Å². The molecule has 0 atom stereocenters. The molecule has 0 aliphatic rings. The minimum absolute atomic E-state index is 0.850. The summed E-state index contributed by atoms with van der Waals surface area (Å²) in [5.41, 5.74) is 10.7. The highest BCUT2D eigenvalue weighted by atomic mass is 14.8. The fraction of sp³-hybridized carbons (Fsp3) is 0.0256. The van der Waals surface area contributed by atoms with Crippen LogP contribution in [0.4, 0.5) is 11.4 Å². The SMILES string of the molecule is c1ccc(C(=Nc2ccc(Cc3ccc(N=C(c4ccccc4)c4ccccc4)cc3)cc2)c2ccccc2)cc1. The van der Waals surface area contributed by atoms with Crippen molar-refractivity contribution in [1.29, 1.82) is 0 Å². The molecule has 0 saturated heterocycles. The summed E-state index contributed by atoms with van der Waals surface area (Å²) < 4.78 is 0. The molecular formula is C39H30N2. The van der Waals surface area contributed by atoms with E-state index in [1.165, 1.54) is 11.1 Å². The summed E-state index contributed by atoms with van der Waals surface area (Å²) in [4.78, 5) is 10.1. The summed E-state index contributed by atoms with van der Waals surface area (Å²) in [6, 6.07) is 58.5. The Bertz CT molecular complexity index is 1520. The molecule has 0 radical (unpaired) electrons. The molecule has 6 aromatic carbocycles. The van der Waals surface area contributed by atoms with Gasteiger partial charge in [0.1, 0.15) is 0 Å². The molecule has 0 aliphatic heterocycles. The molecule has 6 rings (SSSR count). The van der Waals surface area contributed by atoms with Crippen LogP contribution in [0.15, 0.2) is 180 Å². The van der Waals surface area contributed by atoms with Gasteiger partial charge in [-0.05, 0) is 41.8 Å². The highest BCUT2D eigenvalue weighted by molar-refractivity contribution is 6.14. The van der Waals surface area contributed by atoms with Gasteiger partial charge in [0.05, 0.1) is 22.8 Å². The first-order chi connectivity index (χ1) is 20.3. The number of hydrogen-bond acceptors (Lipinski definition) is 2. The molecule has 0 aliphatic carbocycles. The topological polar surface area (TPSA) is 24.7 Å². The second-order valence-electron chi connectivity index (χ2n) is 9.89. The first-order valence-corrected chi connectivity index (χ1v) is 13.9. The lowest BCUT2D eigenvalue weighted by Gasteiger charge is -2.09. The van der Waals surface area contributed by atoms with Crippen molar-refractivity contribution in [2.75, 3.05) is 0 Å². The largest absolute Gasteiger partial charge is 0.248 e. The van der Waals surface area contributed by atoms with Crippen molar-refractivity contribution >= 4 is 22.8 Å². The van der Waals surface area contributed by atoms with Gasteiger partial charge >= 0.3 is 0 Å². The highest BCUT2D eigenvalue weighted by Gasteiger charge is 2.08. The highest BCUT2D eigenvalue weighted by Crippen LogP contribution is 2.23. The molecule has 0 unspecified atom stereocenters. The molecule has 6 aromatic rings. The van der Waals surface area contributed by atoms with Crippen molar-refractivity contribution in [2.45, 2.75) is 6.42 Å². The fourth-order valence-electron chi connectivity index (χ4n) is 4.85. The standard InChI is InChI=1S/C39H30N2/c1-5-13-32(14-6-1)38(33-15-7-2-8-16-33)40-36-25-21-30(22-26-36)29-31-23-27-37(28-24-31)41-39(34-17-9-3-10-18-34)35-19-11-4-12-20-35/h1-28H,29H2. The van der Waals surface area contributed by atoms with Crippen molar-refractivity contribution in [3.8, 4) is 0 Å². The lowest BCUT2D eigenvalue weighted by atomic mass is 10.0. The van der Waals surface area contributed by atoms with Gasteiger partial charge in [-0.25, -0.2) is 9.98 Å².